The molecule has 4 N–H and O–H groups in total. The number of fused-ring (bicyclic) bond motifs is 3. The van der Waals surface area contributed by atoms with E-state index >= 15 is 0 Å². The molecule has 1 aromatic carbocycles. The van der Waals surface area contributed by atoms with Gasteiger partial charge in [0.15, 0.2) is 34.7 Å². The zero-order valence-electron chi connectivity index (χ0n) is 19.9. The minimum absolute atomic E-state index is 0.0269. The summed E-state index contributed by atoms with van der Waals surface area (Å²) in [4.78, 5) is 67.0. The topological polar surface area (TPSA) is 155 Å². The summed E-state index contributed by atoms with van der Waals surface area (Å²) >= 11 is 0. The van der Waals surface area contributed by atoms with Gasteiger partial charge in [0.25, 0.3) is 0 Å². The quantitative estimate of drug-likeness (QED) is 0.517. The maximum absolute atomic E-state index is 13.7. The third-order valence-corrected chi connectivity index (χ3v) is 7.74. The smallest absolute Gasteiger partial charge is 0.235 e. The minimum Gasteiger partial charge on any atom is -0.507 e. The first-order chi connectivity index (χ1) is 15.6. The summed E-state index contributed by atoms with van der Waals surface area (Å²) in [5.74, 6) is -10.2. The fourth-order valence-corrected chi connectivity index (χ4v) is 6.19. The highest BCUT2D eigenvalue weighted by Crippen LogP contribution is 2.51. The molecular formula is C25H30N2O7. The Labute approximate surface area is 197 Å². The van der Waals surface area contributed by atoms with Gasteiger partial charge < -0.3 is 15.9 Å². The molecule has 6 atom stereocenters. The molecule has 0 saturated heterocycles. The van der Waals surface area contributed by atoms with Crippen molar-refractivity contribution >= 4 is 29.0 Å². The lowest BCUT2D eigenvalue weighted by Crippen LogP contribution is -2.74. The number of nitrogens with two attached hydrogens (primary N) is 1. The molecule has 0 spiro atoms. The average molecular weight is 471 g/mol. The molecule has 0 aromatic heterocycles. The van der Waals surface area contributed by atoms with E-state index in [2.05, 4.69) is 0 Å². The standard InChI is InChI=1S/C25H30N2O7/c1-24(2,3)12-7-6-10-8-11-9-13-17(27(4)5)20(30)16(23(26)33)22(32)25(13,34)21(31)15(11)19(29)14(10)18(12)28/h6-7,11,13,15-17,28,34H,8-9H2,1-5H3,(H2,26,33). The Hall–Kier alpha value is -2.91. The van der Waals surface area contributed by atoms with E-state index in [0.717, 1.165) is 0 Å². The fourth-order valence-electron chi connectivity index (χ4n) is 6.19. The number of aliphatic hydroxyl groups is 1. The van der Waals surface area contributed by atoms with Crippen molar-refractivity contribution in [2.24, 2.45) is 29.4 Å². The van der Waals surface area contributed by atoms with Crippen LogP contribution in [0.1, 0.15) is 48.7 Å². The molecule has 34 heavy (non-hydrogen) atoms. The second kappa shape index (κ2) is 7.55. The van der Waals surface area contributed by atoms with Crippen LogP contribution in [0, 0.1) is 23.7 Å². The largest absolute Gasteiger partial charge is 0.507 e. The van der Waals surface area contributed by atoms with Crippen LogP contribution in [0.2, 0.25) is 0 Å². The van der Waals surface area contributed by atoms with E-state index in [-0.39, 0.29) is 24.2 Å². The molecule has 0 bridgehead atoms. The molecule has 4 rings (SSSR count). The number of primary amides is 1. The normalized spacial score (nSPS) is 33.4. The van der Waals surface area contributed by atoms with Gasteiger partial charge >= 0.3 is 0 Å². The SMILES string of the molecule is CN(C)C1C(=O)C(C(N)=O)C(=O)C2(O)C(=O)C3C(=O)c4c(ccc(C(C)(C)C)c4O)CC3CC12. The number of phenols is 1. The number of hydrogen-bond donors (Lipinski definition) is 3. The van der Waals surface area contributed by atoms with E-state index in [4.69, 9.17) is 5.73 Å². The lowest BCUT2D eigenvalue weighted by atomic mass is 9.52. The van der Waals surface area contributed by atoms with Gasteiger partial charge in [-0.15, -0.1) is 0 Å². The lowest BCUT2D eigenvalue weighted by molar-refractivity contribution is -0.181. The summed E-state index contributed by atoms with van der Waals surface area (Å²) in [7, 11) is 3.11. The third kappa shape index (κ3) is 3.10. The van der Waals surface area contributed by atoms with Gasteiger partial charge in [-0.2, -0.15) is 0 Å². The van der Waals surface area contributed by atoms with Gasteiger partial charge in [-0.25, -0.2) is 0 Å². The van der Waals surface area contributed by atoms with Gasteiger partial charge in [0, 0.05) is 5.92 Å². The number of ketones is 4. The summed E-state index contributed by atoms with van der Waals surface area (Å²) in [6, 6.07) is 2.42. The lowest BCUT2D eigenvalue weighted by Gasteiger charge is -2.52. The molecule has 1 amide bonds. The third-order valence-electron chi connectivity index (χ3n) is 7.74. The number of carbonyl (C=O) groups is 5. The number of carbonyl (C=O) groups excluding carboxylic acids is 5. The van der Waals surface area contributed by atoms with Crippen molar-refractivity contribution in [1.82, 2.24) is 4.90 Å². The van der Waals surface area contributed by atoms with Gasteiger partial charge in [0.1, 0.15) is 5.75 Å². The Morgan fingerprint density at radius 2 is 1.74 bits per heavy atom. The molecule has 3 aliphatic carbocycles. The zero-order valence-corrected chi connectivity index (χ0v) is 19.9. The van der Waals surface area contributed by atoms with Gasteiger partial charge in [-0.1, -0.05) is 32.9 Å². The van der Waals surface area contributed by atoms with Crippen molar-refractivity contribution in [1.29, 1.82) is 0 Å². The van der Waals surface area contributed by atoms with Crippen molar-refractivity contribution in [2.45, 2.75) is 50.7 Å². The van der Waals surface area contributed by atoms with Crippen LogP contribution in [0.5, 0.6) is 5.75 Å². The maximum Gasteiger partial charge on any atom is 0.235 e. The zero-order chi connectivity index (χ0) is 25.5. The molecule has 2 fully saturated rings. The predicted octanol–water partition coefficient (Wildman–Crippen LogP) is 0.165. The Morgan fingerprint density at radius 3 is 2.26 bits per heavy atom. The van der Waals surface area contributed by atoms with Crippen molar-refractivity contribution < 1.29 is 34.2 Å². The molecule has 1 aromatic rings. The Balaban J connectivity index is 1.87. The van der Waals surface area contributed by atoms with Crippen molar-refractivity contribution in [3.63, 3.8) is 0 Å². The predicted molar refractivity (Wildman–Crippen MR) is 120 cm³/mol. The van der Waals surface area contributed by atoms with E-state index in [1.165, 1.54) is 4.90 Å². The van der Waals surface area contributed by atoms with Gasteiger partial charge in [-0.05, 0) is 49.4 Å². The van der Waals surface area contributed by atoms with Crippen molar-refractivity contribution in [3.05, 3.63) is 28.8 Å². The molecule has 182 valence electrons. The van der Waals surface area contributed by atoms with Gasteiger partial charge in [0.2, 0.25) is 5.91 Å². The second-order valence-corrected chi connectivity index (χ2v) is 11.0. The molecule has 2 saturated carbocycles. The van der Waals surface area contributed by atoms with E-state index in [9.17, 15) is 34.2 Å². The molecule has 9 nitrogen and oxygen atoms in total. The van der Waals surface area contributed by atoms with Crippen molar-refractivity contribution in [3.8, 4) is 5.75 Å². The maximum atomic E-state index is 13.7. The van der Waals surface area contributed by atoms with Gasteiger partial charge in [-0.3, -0.25) is 28.9 Å². The number of Topliss-reactive ketones (excluding diaryl/α,β-unsaturated/α-hetero) is 4. The van der Waals surface area contributed by atoms with Crippen LogP contribution in [0.15, 0.2) is 12.1 Å². The minimum atomic E-state index is -2.70. The molecule has 0 radical (unpaired) electrons. The number of hydrogen-bond acceptors (Lipinski definition) is 8. The van der Waals surface area contributed by atoms with Crippen LogP contribution in [0.3, 0.4) is 0 Å². The number of amides is 1. The molecule has 0 heterocycles. The molecule has 9 heteroatoms. The summed E-state index contributed by atoms with van der Waals surface area (Å²) in [5.41, 5.74) is 3.30. The number of phenolic OH excluding ortho intramolecular Hbond substituents is 1. The summed E-state index contributed by atoms with van der Waals surface area (Å²) in [5, 5.41) is 22.5. The van der Waals surface area contributed by atoms with Crippen LogP contribution in [-0.2, 0) is 31.0 Å². The Kier molecular flexibility index (Phi) is 5.38. The first-order valence-electron chi connectivity index (χ1n) is 11.3. The summed E-state index contributed by atoms with van der Waals surface area (Å²) in [6.07, 6.45) is 0.315. The van der Waals surface area contributed by atoms with Crippen LogP contribution < -0.4 is 5.73 Å². The van der Waals surface area contributed by atoms with Gasteiger partial charge in [0.05, 0.1) is 17.5 Å². The number of benzene rings is 1. The highest BCUT2D eigenvalue weighted by Gasteiger charge is 2.69. The van der Waals surface area contributed by atoms with E-state index in [0.29, 0.717) is 11.1 Å². The number of likely N-dealkylation sites (N-methyl/N-ethyl adjacent to an activating group) is 1. The second-order valence-electron chi connectivity index (χ2n) is 11.0. The highest BCUT2D eigenvalue weighted by molar-refractivity contribution is 6.32. The number of rotatable bonds is 2. The fraction of sp³-hybridized carbons (Fsp3) is 0.560. The molecule has 0 aliphatic heterocycles. The van der Waals surface area contributed by atoms with E-state index in [1.807, 2.05) is 20.8 Å². The first-order valence-corrected chi connectivity index (χ1v) is 11.3. The molecule has 6 unspecified atom stereocenters. The van der Waals surface area contributed by atoms with Crippen LogP contribution >= 0.6 is 0 Å². The average Bonchev–Trinajstić information content (AvgIpc) is 2.69. The number of nitrogens with zero attached hydrogens (tertiary/aromatic N) is 1. The van der Waals surface area contributed by atoms with E-state index < -0.39 is 69.8 Å². The summed E-state index contributed by atoms with van der Waals surface area (Å²) in [6.45, 7) is 5.64. The first kappa shape index (κ1) is 24.2. The Bertz CT molecular complexity index is 1150. The van der Waals surface area contributed by atoms with Crippen LogP contribution in [-0.4, -0.2) is 69.9 Å². The monoisotopic (exact) mass is 470 g/mol. The molecular weight excluding hydrogens is 440 g/mol. The molecule has 3 aliphatic rings. The highest BCUT2D eigenvalue weighted by atomic mass is 16.3. The Morgan fingerprint density at radius 1 is 1.12 bits per heavy atom. The van der Waals surface area contributed by atoms with Crippen LogP contribution in [0.4, 0.5) is 0 Å². The number of aromatic hydroxyl groups is 1. The van der Waals surface area contributed by atoms with Crippen LogP contribution in [0.25, 0.3) is 0 Å². The van der Waals surface area contributed by atoms with E-state index in [1.54, 1.807) is 26.2 Å². The summed E-state index contributed by atoms with van der Waals surface area (Å²) < 4.78 is 0. The van der Waals surface area contributed by atoms with Crippen molar-refractivity contribution in [2.75, 3.05) is 14.1 Å².